The average Bonchev–Trinajstić information content (AvgIpc) is 2.75. The van der Waals surface area contributed by atoms with Crippen molar-refractivity contribution in [3.05, 3.63) is 59.2 Å². The topological polar surface area (TPSA) is 90.9 Å². The molecule has 0 heterocycles. The second kappa shape index (κ2) is 12.4. The van der Waals surface area contributed by atoms with Crippen molar-refractivity contribution in [3.8, 4) is 5.75 Å². The summed E-state index contributed by atoms with van der Waals surface area (Å²) in [5, 5.41) is 2.61. The van der Waals surface area contributed by atoms with E-state index in [1.54, 1.807) is 24.3 Å². The van der Waals surface area contributed by atoms with Crippen LogP contribution in [0.15, 0.2) is 42.5 Å². The monoisotopic (exact) mass is 427 g/mol. The van der Waals surface area contributed by atoms with Gasteiger partial charge >= 0.3 is 11.9 Å². The predicted molar refractivity (Wildman–Crippen MR) is 117 cm³/mol. The summed E-state index contributed by atoms with van der Waals surface area (Å²) >= 11 is 0. The standard InChI is InChI=1S/C24H29NO6/c1-4-5-13-30-24(28)19-8-10-20(11-9-19)25-22(26)16-31-23(27)12-14-29-21-15-17(2)6-7-18(21)3/h6-11,15H,4-5,12-14,16H2,1-3H3,(H,25,26). The van der Waals surface area contributed by atoms with Gasteiger partial charge in [-0.3, -0.25) is 9.59 Å². The van der Waals surface area contributed by atoms with Crippen molar-refractivity contribution in [1.82, 2.24) is 0 Å². The Morgan fingerprint density at radius 2 is 1.68 bits per heavy atom. The molecule has 0 atom stereocenters. The maximum atomic E-state index is 12.0. The number of hydrogen-bond donors (Lipinski definition) is 1. The Bertz CT molecular complexity index is 891. The SMILES string of the molecule is CCCCOC(=O)c1ccc(NC(=O)COC(=O)CCOc2cc(C)ccc2C)cc1. The summed E-state index contributed by atoms with van der Waals surface area (Å²) in [7, 11) is 0. The van der Waals surface area contributed by atoms with Crippen molar-refractivity contribution in [2.75, 3.05) is 25.1 Å². The largest absolute Gasteiger partial charge is 0.493 e. The lowest BCUT2D eigenvalue weighted by Gasteiger charge is -2.10. The summed E-state index contributed by atoms with van der Waals surface area (Å²) < 4.78 is 15.7. The highest BCUT2D eigenvalue weighted by atomic mass is 16.5. The normalized spacial score (nSPS) is 10.3. The second-order valence-electron chi connectivity index (χ2n) is 7.14. The molecule has 31 heavy (non-hydrogen) atoms. The van der Waals surface area contributed by atoms with E-state index in [-0.39, 0.29) is 13.0 Å². The first-order valence-electron chi connectivity index (χ1n) is 10.3. The van der Waals surface area contributed by atoms with Crippen LogP contribution >= 0.6 is 0 Å². The zero-order valence-electron chi connectivity index (χ0n) is 18.2. The number of amides is 1. The molecule has 0 saturated heterocycles. The molecule has 0 aliphatic carbocycles. The summed E-state index contributed by atoms with van der Waals surface area (Å²) in [6.45, 7) is 6.06. The second-order valence-corrected chi connectivity index (χ2v) is 7.14. The number of carbonyl (C=O) groups is 3. The molecule has 2 rings (SSSR count). The number of unbranched alkanes of at least 4 members (excludes halogenated alkanes) is 1. The number of nitrogens with one attached hydrogen (secondary N) is 1. The molecule has 0 radical (unpaired) electrons. The van der Waals surface area contributed by atoms with E-state index >= 15 is 0 Å². The van der Waals surface area contributed by atoms with E-state index in [1.807, 2.05) is 39.0 Å². The van der Waals surface area contributed by atoms with Crippen LogP contribution < -0.4 is 10.1 Å². The Hall–Kier alpha value is -3.35. The molecule has 0 fully saturated rings. The summed E-state index contributed by atoms with van der Waals surface area (Å²) in [5.41, 5.74) is 2.95. The third-order valence-corrected chi connectivity index (χ3v) is 4.41. The Labute approximate surface area is 182 Å². The van der Waals surface area contributed by atoms with E-state index in [0.717, 1.165) is 29.7 Å². The number of rotatable bonds is 11. The van der Waals surface area contributed by atoms with Gasteiger partial charge in [-0.25, -0.2) is 4.79 Å². The molecule has 1 amide bonds. The summed E-state index contributed by atoms with van der Waals surface area (Å²) in [5.74, 6) is -0.667. The van der Waals surface area contributed by atoms with Gasteiger partial charge in [0.05, 0.1) is 25.2 Å². The average molecular weight is 427 g/mol. The van der Waals surface area contributed by atoms with Crippen molar-refractivity contribution >= 4 is 23.5 Å². The van der Waals surface area contributed by atoms with Crippen LogP contribution in [0.2, 0.25) is 0 Å². The Kier molecular flexibility index (Phi) is 9.55. The van der Waals surface area contributed by atoms with Crippen LogP contribution in [0, 0.1) is 13.8 Å². The van der Waals surface area contributed by atoms with Crippen LogP contribution in [-0.2, 0) is 19.1 Å². The zero-order chi connectivity index (χ0) is 22.6. The van der Waals surface area contributed by atoms with Crippen molar-refractivity contribution < 1.29 is 28.6 Å². The van der Waals surface area contributed by atoms with Crippen LogP contribution in [-0.4, -0.2) is 37.7 Å². The van der Waals surface area contributed by atoms with Crippen LogP contribution in [0.3, 0.4) is 0 Å². The van der Waals surface area contributed by atoms with E-state index in [1.165, 1.54) is 0 Å². The highest BCUT2D eigenvalue weighted by molar-refractivity contribution is 5.94. The minimum Gasteiger partial charge on any atom is -0.493 e. The summed E-state index contributed by atoms with van der Waals surface area (Å²) in [6, 6.07) is 12.2. The first kappa shape index (κ1) is 23.9. The number of esters is 2. The molecular weight excluding hydrogens is 398 g/mol. The minimum absolute atomic E-state index is 0.0372. The zero-order valence-corrected chi connectivity index (χ0v) is 18.2. The molecule has 2 aromatic carbocycles. The van der Waals surface area contributed by atoms with Gasteiger partial charge in [-0.05, 0) is 61.7 Å². The minimum atomic E-state index is -0.523. The quantitative estimate of drug-likeness (QED) is 0.427. The highest BCUT2D eigenvalue weighted by Gasteiger charge is 2.11. The number of aryl methyl sites for hydroxylation is 2. The fourth-order valence-electron chi connectivity index (χ4n) is 2.60. The van der Waals surface area contributed by atoms with Gasteiger partial charge in [0, 0.05) is 5.69 Å². The Balaban J connectivity index is 1.69. The van der Waals surface area contributed by atoms with Gasteiger partial charge in [-0.1, -0.05) is 25.5 Å². The molecule has 0 aliphatic heterocycles. The van der Waals surface area contributed by atoms with Gasteiger partial charge in [0.2, 0.25) is 0 Å². The molecular formula is C24H29NO6. The van der Waals surface area contributed by atoms with Crippen LogP contribution in [0.5, 0.6) is 5.75 Å². The molecule has 7 nitrogen and oxygen atoms in total. The van der Waals surface area contributed by atoms with Gasteiger partial charge in [-0.2, -0.15) is 0 Å². The third-order valence-electron chi connectivity index (χ3n) is 4.41. The van der Waals surface area contributed by atoms with Gasteiger partial charge in [-0.15, -0.1) is 0 Å². The Morgan fingerprint density at radius 3 is 2.39 bits per heavy atom. The third kappa shape index (κ3) is 8.50. The van der Waals surface area contributed by atoms with Crippen LogP contribution in [0.4, 0.5) is 5.69 Å². The summed E-state index contributed by atoms with van der Waals surface area (Å²) in [4.78, 5) is 35.7. The van der Waals surface area contributed by atoms with Crippen LogP contribution in [0.25, 0.3) is 0 Å². The first-order valence-corrected chi connectivity index (χ1v) is 10.3. The molecule has 0 saturated carbocycles. The van der Waals surface area contributed by atoms with Gasteiger partial charge < -0.3 is 19.5 Å². The van der Waals surface area contributed by atoms with Gasteiger partial charge in [0.15, 0.2) is 6.61 Å². The number of hydrogen-bond acceptors (Lipinski definition) is 6. The van der Waals surface area contributed by atoms with Crippen molar-refractivity contribution in [2.45, 2.75) is 40.0 Å². The number of ether oxygens (including phenoxy) is 3. The van der Waals surface area contributed by atoms with Crippen molar-refractivity contribution in [1.29, 1.82) is 0 Å². The van der Waals surface area contributed by atoms with Crippen molar-refractivity contribution in [2.24, 2.45) is 0 Å². The predicted octanol–water partition coefficient (Wildman–Crippen LogP) is 4.21. The first-order chi connectivity index (χ1) is 14.9. The smallest absolute Gasteiger partial charge is 0.338 e. The van der Waals surface area contributed by atoms with Crippen LogP contribution in [0.1, 0.15) is 47.7 Å². The maximum Gasteiger partial charge on any atom is 0.338 e. The molecule has 7 heteroatoms. The maximum absolute atomic E-state index is 12.0. The van der Waals surface area contributed by atoms with E-state index in [4.69, 9.17) is 14.2 Å². The number of benzene rings is 2. The molecule has 166 valence electrons. The molecule has 0 aromatic heterocycles. The lowest BCUT2D eigenvalue weighted by molar-refractivity contribution is -0.147. The summed E-state index contributed by atoms with van der Waals surface area (Å²) in [6.07, 6.45) is 1.80. The molecule has 2 aromatic rings. The number of carbonyl (C=O) groups excluding carboxylic acids is 3. The molecule has 1 N–H and O–H groups in total. The molecule has 0 aliphatic rings. The van der Waals surface area contributed by atoms with E-state index < -0.39 is 24.5 Å². The van der Waals surface area contributed by atoms with Gasteiger partial charge in [0.25, 0.3) is 5.91 Å². The molecule has 0 bridgehead atoms. The van der Waals surface area contributed by atoms with Gasteiger partial charge in [0.1, 0.15) is 5.75 Å². The fourth-order valence-corrected chi connectivity index (χ4v) is 2.60. The van der Waals surface area contributed by atoms with E-state index in [0.29, 0.717) is 17.9 Å². The Morgan fingerprint density at radius 1 is 0.935 bits per heavy atom. The molecule has 0 unspecified atom stereocenters. The van der Waals surface area contributed by atoms with E-state index in [9.17, 15) is 14.4 Å². The molecule has 0 spiro atoms. The van der Waals surface area contributed by atoms with Crippen molar-refractivity contribution in [3.63, 3.8) is 0 Å². The lowest BCUT2D eigenvalue weighted by atomic mass is 10.1. The fraction of sp³-hybridized carbons (Fsp3) is 0.375. The van der Waals surface area contributed by atoms with E-state index in [2.05, 4.69) is 5.32 Å². The highest BCUT2D eigenvalue weighted by Crippen LogP contribution is 2.19. The lowest BCUT2D eigenvalue weighted by Crippen LogP contribution is -2.21. The number of anilines is 1.